The molecule has 4 rings (SSSR count). The van der Waals surface area contributed by atoms with Crippen molar-refractivity contribution in [2.45, 2.75) is 13.3 Å². The van der Waals surface area contributed by atoms with Crippen LogP contribution < -0.4 is 10.3 Å². The van der Waals surface area contributed by atoms with Crippen LogP contribution in [0.5, 0.6) is 11.5 Å². The highest BCUT2D eigenvalue weighted by atomic mass is 35.5. The van der Waals surface area contributed by atoms with Crippen LogP contribution in [0.4, 0.5) is 0 Å². The number of rotatable bonds is 4. The summed E-state index contributed by atoms with van der Waals surface area (Å²) in [5.74, 6) is 0.523. The van der Waals surface area contributed by atoms with Crippen LogP contribution in [0, 0.1) is 0 Å². The van der Waals surface area contributed by atoms with E-state index in [1.165, 1.54) is 5.56 Å². The predicted octanol–water partition coefficient (Wildman–Crippen LogP) is 5.79. The first-order valence-corrected chi connectivity index (χ1v) is 9.72. The van der Waals surface area contributed by atoms with Gasteiger partial charge in [-0.15, -0.1) is 0 Å². The third-order valence-electron chi connectivity index (χ3n) is 5.11. The molecule has 5 heteroatoms. The highest BCUT2D eigenvalue weighted by molar-refractivity contribution is 6.34. The Hall–Kier alpha value is -3.24. The van der Waals surface area contributed by atoms with Crippen molar-refractivity contribution in [3.05, 3.63) is 81.6 Å². The summed E-state index contributed by atoms with van der Waals surface area (Å²) in [5.41, 5.74) is 3.85. The second kappa shape index (κ2) is 7.64. The lowest BCUT2D eigenvalue weighted by Crippen LogP contribution is -2.09. The van der Waals surface area contributed by atoms with Crippen LogP contribution in [-0.4, -0.2) is 17.2 Å². The topological polar surface area (TPSA) is 62.3 Å². The highest BCUT2D eigenvalue weighted by Crippen LogP contribution is 2.38. The van der Waals surface area contributed by atoms with Gasteiger partial charge in [0.05, 0.1) is 23.2 Å². The fourth-order valence-electron chi connectivity index (χ4n) is 3.49. The molecule has 0 fully saturated rings. The zero-order valence-electron chi connectivity index (χ0n) is 16.1. The SMILES string of the molecule is CCc1ccc(-c2cc3c(O)c(-c4cccc(OC)c4)c(=O)[nH]c3cc2Cl)cc1. The monoisotopic (exact) mass is 405 g/mol. The number of aromatic nitrogens is 1. The van der Waals surface area contributed by atoms with E-state index in [1.807, 2.05) is 18.2 Å². The Kier molecular flexibility index (Phi) is 5.03. The molecule has 0 unspecified atom stereocenters. The maximum atomic E-state index is 12.7. The summed E-state index contributed by atoms with van der Waals surface area (Å²) in [7, 11) is 1.56. The second-order valence-corrected chi connectivity index (χ2v) is 7.25. The number of methoxy groups -OCH3 is 1. The van der Waals surface area contributed by atoms with Gasteiger partial charge in [-0.1, -0.05) is 54.9 Å². The number of H-pyrrole nitrogens is 1. The molecule has 4 aromatic rings. The van der Waals surface area contributed by atoms with Gasteiger partial charge in [-0.2, -0.15) is 0 Å². The summed E-state index contributed by atoms with van der Waals surface area (Å²) >= 11 is 6.49. The van der Waals surface area contributed by atoms with Crippen molar-refractivity contribution in [3.8, 4) is 33.8 Å². The van der Waals surface area contributed by atoms with Gasteiger partial charge in [0.15, 0.2) is 0 Å². The number of aromatic amines is 1. The number of benzene rings is 3. The fourth-order valence-corrected chi connectivity index (χ4v) is 3.76. The lowest BCUT2D eigenvalue weighted by Gasteiger charge is -2.12. The molecule has 1 heterocycles. The Labute approximate surface area is 173 Å². The van der Waals surface area contributed by atoms with Crippen molar-refractivity contribution in [2.75, 3.05) is 7.11 Å². The van der Waals surface area contributed by atoms with Gasteiger partial charge in [0.25, 0.3) is 5.56 Å². The molecule has 0 bridgehead atoms. The molecule has 1 aromatic heterocycles. The lowest BCUT2D eigenvalue weighted by molar-refractivity contribution is 0.415. The summed E-state index contributed by atoms with van der Waals surface area (Å²) in [6.07, 6.45) is 0.956. The number of nitrogens with one attached hydrogen (secondary N) is 1. The number of hydrogen-bond donors (Lipinski definition) is 2. The number of hydrogen-bond acceptors (Lipinski definition) is 3. The molecule has 0 saturated carbocycles. The minimum Gasteiger partial charge on any atom is -0.506 e. The average Bonchev–Trinajstić information content (AvgIpc) is 2.73. The van der Waals surface area contributed by atoms with E-state index in [4.69, 9.17) is 16.3 Å². The van der Waals surface area contributed by atoms with Crippen molar-refractivity contribution in [1.29, 1.82) is 0 Å². The predicted molar refractivity (Wildman–Crippen MR) is 118 cm³/mol. The molecular formula is C24H20ClNO3. The van der Waals surface area contributed by atoms with Gasteiger partial charge in [0.1, 0.15) is 11.5 Å². The van der Waals surface area contributed by atoms with Crippen LogP contribution in [0.2, 0.25) is 5.02 Å². The maximum Gasteiger partial charge on any atom is 0.260 e. The number of halogens is 1. The average molecular weight is 406 g/mol. The van der Waals surface area contributed by atoms with Crippen LogP contribution in [0.3, 0.4) is 0 Å². The van der Waals surface area contributed by atoms with E-state index >= 15 is 0 Å². The summed E-state index contributed by atoms with van der Waals surface area (Å²) in [4.78, 5) is 15.5. The molecule has 146 valence electrons. The van der Waals surface area contributed by atoms with Crippen molar-refractivity contribution in [2.24, 2.45) is 0 Å². The minimum atomic E-state index is -0.389. The molecule has 0 aliphatic rings. The lowest BCUT2D eigenvalue weighted by atomic mass is 9.98. The molecule has 3 aromatic carbocycles. The number of aryl methyl sites for hydroxylation is 1. The van der Waals surface area contributed by atoms with E-state index in [2.05, 4.69) is 24.0 Å². The van der Waals surface area contributed by atoms with Crippen molar-refractivity contribution >= 4 is 22.5 Å². The van der Waals surface area contributed by atoms with Crippen molar-refractivity contribution < 1.29 is 9.84 Å². The summed E-state index contributed by atoms with van der Waals surface area (Å²) in [5, 5.41) is 12.0. The molecule has 4 nitrogen and oxygen atoms in total. The summed E-state index contributed by atoms with van der Waals surface area (Å²) < 4.78 is 5.24. The Balaban J connectivity index is 1.94. The molecule has 0 aliphatic heterocycles. The van der Waals surface area contributed by atoms with Crippen LogP contribution >= 0.6 is 11.6 Å². The molecule has 0 saturated heterocycles. The Bertz CT molecular complexity index is 1260. The second-order valence-electron chi connectivity index (χ2n) is 6.84. The van der Waals surface area contributed by atoms with E-state index in [-0.39, 0.29) is 16.9 Å². The van der Waals surface area contributed by atoms with Crippen LogP contribution in [0.25, 0.3) is 33.2 Å². The van der Waals surface area contributed by atoms with Crippen LogP contribution in [0.1, 0.15) is 12.5 Å². The Morgan fingerprint density at radius 3 is 2.48 bits per heavy atom. The van der Waals surface area contributed by atoms with Gasteiger partial charge in [-0.3, -0.25) is 4.79 Å². The van der Waals surface area contributed by atoms with E-state index in [0.29, 0.717) is 27.2 Å². The quantitative estimate of drug-likeness (QED) is 0.451. The number of aromatic hydroxyl groups is 1. The normalized spacial score (nSPS) is 11.0. The van der Waals surface area contributed by atoms with Crippen molar-refractivity contribution in [3.63, 3.8) is 0 Å². The maximum absolute atomic E-state index is 12.7. The Morgan fingerprint density at radius 1 is 1.03 bits per heavy atom. The van der Waals surface area contributed by atoms with E-state index in [9.17, 15) is 9.90 Å². The Morgan fingerprint density at radius 2 is 1.79 bits per heavy atom. The number of pyridine rings is 1. The zero-order chi connectivity index (χ0) is 20.5. The fraction of sp³-hybridized carbons (Fsp3) is 0.125. The molecule has 0 atom stereocenters. The molecule has 0 radical (unpaired) electrons. The zero-order valence-corrected chi connectivity index (χ0v) is 16.9. The first kappa shape index (κ1) is 19.1. The van der Waals surface area contributed by atoms with Crippen LogP contribution in [-0.2, 0) is 6.42 Å². The van der Waals surface area contributed by atoms with Gasteiger partial charge in [-0.25, -0.2) is 0 Å². The first-order chi connectivity index (χ1) is 14.0. The van der Waals surface area contributed by atoms with Gasteiger partial charge in [0, 0.05) is 10.9 Å². The molecular weight excluding hydrogens is 386 g/mol. The third-order valence-corrected chi connectivity index (χ3v) is 5.42. The smallest absolute Gasteiger partial charge is 0.260 e. The molecule has 2 N–H and O–H groups in total. The van der Waals surface area contributed by atoms with Crippen LogP contribution in [0.15, 0.2) is 65.5 Å². The molecule has 29 heavy (non-hydrogen) atoms. The third kappa shape index (κ3) is 3.47. The van der Waals surface area contributed by atoms with E-state index < -0.39 is 0 Å². The summed E-state index contributed by atoms with van der Waals surface area (Å²) in [6.45, 7) is 2.10. The largest absolute Gasteiger partial charge is 0.506 e. The first-order valence-electron chi connectivity index (χ1n) is 9.34. The summed E-state index contributed by atoms with van der Waals surface area (Å²) in [6, 6.07) is 18.7. The molecule has 0 amide bonds. The van der Waals surface area contributed by atoms with E-state index in [0.717, 1.165) is 17.5 Å². The van der Waals surface area contributed by atoms with E-state index in [1.54, 1.807) is 37.4 Å². The minimum absolute atomic E-state index is 0.0832. The standard InChI is InChI=1S/C24H20ClNO3/c1-3-14-7-9-15(10-8-14)18-12-19-21(13-20(18)25)26-24(28)22(23(19)27)16-5-4-6-17(11-16)29-2/h4-13H,3H2,1-2H3,(H2,26,27,28). The van der Waals surface area contributed by atoms with Gasteiger partial charge in [-0.05, 0) is 47.4 Å². The molecule has 0 aliphatic carbocycles. The van der Waals surface area contributed by atoms with Gasteiger partial charge < -0.3 is 14.8 Å². The van der Waals surface area contributed by atoms with Gasteiger partial charge >= 0.3 is 0 Å². The number of ether oxygens (including phenoxy) is 1. The number of fused-ring (bicyclic) bond motifs is 1. The van der Waals surface area contributed by atoms with Crippen molar-refractivity contribution in [1.82, 2.24) is 4.98 Å². The molecule has 0 spiro atoms. The van der Waals surface area contributed by atoms with Gasteiger partial charge in [0.2, 0.25) is 0 Å². The highest BCUT2D eigenvalue weighted by Gasteiger charge is 2.17.